The van der Waals surface area contributed by atoms with Crippen molar-refractivity contribution in [1.82, 2.24) is 4.72 Å². The number of hydrogen-bond acceptors (Lipinski definition) is 4. The number of fused-ring (bicyclic) bond motifs is 1. The fourth-order valence-electron chi connectivity index (χ4n) is 3.10. The summed E-state index contributed by atoms with van der Waals surface area (Å²) in [6, 6.07) is 11.0. The highest BCUT2D eigenvalue weighted by Crippen LogP contribution is 2.31. The predicted molar refractivity (Wildman–Crippen MR) is 100 cm³/mol. The maximum atomic E-state index is 13.0. The van der Waals surface area contributed by atoms with Gasteiger partial charge in [0.2, 0.25) is 10.0 Å². The van der Waals surface area contributed by atoms with Crippen molar-refractivity contribution in [2.45, 2.75) is 50.7 Å². The summed E-state index contributed by atoms with van der Waals surface area (Å²) in [4.78, 5) is 13.2. The third kappa shape index (κ3) is 3.66. The summed E-state index contributed by atoms with van der Waals surface area (Å²) in [5, 5.41) is 0. The molecule has 1 heterocycles. The average molecular weight is 373 g/mol. The van der Waals surface area contributed by atoms with Gasteiger partial charge in [0, 0.05) is 0 Å². The summed E-state index contributed by atoms with van der Waals surface area (Å²) in [6.45, 7) is 5.75. The molecule has 0 saturated carbocycles. The van der Waals surface area contributed by atoms with Gasteiger partial charge in [-0.1, -0.05) is 42.7 Å². The zero-order valence-corrected chi connectivity index (χ0v) is 16.0. The third-order valence-electron chi connectivity index (χ3n) is 4.52. The normalized spacial score (nSPS) is 19.7. The third-order valence-corrected chi connectivity index (χ3v) is 5.98. The van der Waals surface area contributed by atoms with Crippen LogP contribution in [0.3, 0.4) is 0 Å². The number of ether oxygens (including phenoxy) is 1. The number of nitrogens with one attached hydrogen (secondary N) is 1. The first-order valence-electron chi connectivity index (χ1n) is 8.72. The van der Waals surface area contributed by atoms with E-state index in [4.69, 9.17) is 4.74 Å². The minimum atomic E-state index is -3.82. The van der Waals surface area contributed by atoms with E-state index in [1.165, 1.54) is 0 Å². The molecule has 1 aliphatic heterocycles. The Morgan fingerprint density at radius 1 is 1.04 bits per heavy atom. The lowest BCUT2D eigenvalue weighted by atomic mass is 9.93. The summed E-state index contributed by atoms with van der Waals surface area (Å²) in [6.07, 6.45) is 0.838. The molecule has 138 valence electrons. The summed E-state index contributed by atoms with van der Waals surface area (Å²) in [5.74, 6) is 0.272. The number of benzene rings is 2. The molecule has 0 radical (unpaired) electrons. The zero-order chi connectivity index (χ0) is 18.9. The van der Waals surface area contributed by atoms with E-state index in [9.17, 15) is 13.2 Å². The molecule has 0 amide bonds. The zero-order valence-electron chi connectivity index (χ0n) is 15.2. The van der Waals surface area contributed by atoms with Crippen molar-refractivity contribution in [2.24, 2.45) is 0 Å². The van der Waals surface area contributed by atoms with E-state index in [1.807, 2.05) is 26.8 Å². The first kappa shape index (κ1) is 18.6. The Labute approximate surface area is 154 Å². The molecule has 0 unspecified atom stereocenters. The molecule has 3 rings (SSSR count). The van der Waals surface area contributed by atoms with Crippen molar-refractivity contribution in [3.05, 3.63) is 59.2 Å². The predicted octanol–water partition coefficient (Wildman–Crippen LogP) is 3.39. The molecule has 0 aliphatic carbocycles. The van der Waals surface area contributed by atoms with Crippen LogP contribution in [0.2, 0.25) is 0 Å². The molecule has 1 N–H and O–H groups in total. The quantitative estimate of drug-likeness (QED) is 0.872. The molecular formula is C20H23NO4S. The largest absolute Gasteiger partial charge is 0.488 e. The molecule has 0 aromatic heterocycles. The van der Waals surface area contributed by atoms with Crippen molar-refractivity contribution in [2.75, 3.05) is 0 Å². The van der Waals surface area contributed by atoms with Gasteiger partial charge in [-0.15, -0.1) is 0 Å². The maximum Gasteiger partial charge on any atom is 0.241 e. The number of rotatable bonds is 5. The number of hydrogen-bond donors (Lipinski definition) is 1. The maximum absolute atomic E-state index is 13.0. The van der Waals surface area contributed by atoms with Crippen molar-refractivity contribution in [3.63, 3.8) is 0 Å². The van der Waals surface area contributed by atoms with Crippen molar-refractivity contribution in [3.8, 4) is 5.75 Å². The van der Waals surface area contributed by atoms with Crippen LogP contribution >= 0.6 is 0 Å². The van der Waals surface area contributed by atoms with Crippen LogP contribution in [0.5, 0.6) is 5.75 Å². The van der Waals surface area contributed by atoms with Gasteiger partial charge in [-0.05, 0) is 44.5 Å². The molecular weight excluding hydrogens is 350 g/mol. The Hall–Kier alpha value is -2.18. The number of carbonyl (C=O) groups is 1. The van der Waals surface area contributed by atoms with Gasteiger partial charge in [0.15, 0.2) is 5.78 Å². The number of Topliss-reactive ketones (excluding diaryl/α,β-unsaturated/α-hetero) is 1. The Bertz CT molecular complexity index is 919. The molecule has 1 aliphatic rings. The first-order valence-corrected chi connectivity index (χ1v) is 10.2. The molecule has 0 bridgehead atoms. The number of aryl methyl sites for hydroxylation is 2. The topological polar surface area (TPSA) is 72.5 Å². The molecule has 2 atom stereocenters. The van der Waals surface area contributed by atoms with E-state index in [2.05, 4.69) is 4.72 Å². The van der Waals surface area contributed by atoms with E-state index in [1.54, 1.807) is 36.4 Å². The van der Waals surface area contributed by atoms with Crippen LogP contribution in [-0.2, 0) is 10.0 Å². The molecule has 0 fully saturated rings. The standard InChI is InChI=1S/C20H23NO4S/c1-4-5-18-19(20(22)16-12-14(3)8-11-17(16)25-18)21-26(23,24)15-9-6-13(2)7-10-15/h6-12,18-19,21H,4-5H2,1-3H3/t18-,19-/m0/s1. The fourth-order valence-corrected chi connectivity index (χ4v) is 4.32. The van der Waals surface area contributed by atoms with Gasteiger partial charge < -0.3 is 4.74 Å². The minimum absolute atomic E-state index is 0.140. The van der Waals surface area contributed by atoms with Gasteiger partial charge in [0.25, 0.3) is 0 Å². The van der Waals surface area contributed by atoms with Crippen LogP contribution in [0, 0.1) is 13.8 Å². The summed E-state index contributed by atoms with van der Waals surface area (Å²) < 4.78 is 34.1. The Morgan fingerprint density at radius 2 is 1.69 bits per heavy atom. The summed E-state index contributed by atoms with van der Waals surface area (Å²) in [7, 11) is -3.82. The van der Waals surface area contributed by atoms with Crippen molar-refractivity contribution < 1.29 is 17.9 Å². The van der Waals surface area contributed by atoms with E-state index >= 15 is 0 Å². The summed E-state index contributed by atoms with van der Waals surface area (Å²) in [5.41, 5.74) is 2.32. The molecule has 0 spiro atoms. The molecule has 2 aromatic rings. The van der Waals surface area contributed by atoms with Crippen LogP contribution in [0.25, 0.3) is 0 Å². The van der Waals surface area contributed by atoms with Gasteiger partial charge in [-0.3, -0.25) is 4.79 Å². The minimum Gasteiger partial charge on any atom is -0.488 e. The number of sulfonamides is 1. The Morgan fingerprint density at radius 3 is 2.35 bits per heavy atom. The van der Waals surface area contributed by atoms with Gasteiger partial charge in [0.05, 0.1) is 10.5 Å². The first-order chi connectivity index (χ1) is 12.3. The van der Waals surface area contributed by atoms with Gasteiger partial charge in [-0.25, -0.2) is 8.42 Å². The van der Waals surface area contributed by atoms with E-state index in [-0.39, 0.29) is 10.7 Å². The van der Waals surface area contributed by atoms with E-state index in [0.717, 1.165) is 17.5 Å². The van der Waals surface area contributed by atoms with Gasteiger partial charge in [0.1, 0.15) is 17.9 Å². The fraction of sp³-hybridized carbons (Fsp3) is 0.350. The molecule has 5 nitrogen and oxygen atoms in total. The van der Waals surface area contributed by atoms with Crippen molar-refractivity contribution >= 4 is 15.8 Å². The number of carbonyl (C=O) groups excluding carboxylic acids is 1. The number of ketones is 1. The van der Waals surface area contributed by atoms with Gasteiger partial charge >= 0.3 is 0 Å². The second kappa shape index (κ2) is 7.21. The smallest absolute Gasteiger partial charge is 0.241 e. The lowest BCUT2D eigenvalue weighted by Gasteiger charge is -2.33. The van der Waals surface area contributed by atoms with Crippen molar-refractivity contribution in [1.29, 1.82) is 0 Å². The average Bonchev–Trinajstić information content (AvgIpc) is 2.59. The lowest BCUT2D eigenvalue weighted by molar-refractivity contribution is 0.0750. The van der Waals surface area contributed by atoms with Crippen LogP contribution in [0.1, 0.15) is 41.3 Å². The monoisotopic (exact) mass is 373 g/mol. The van der Waals surface area contributed by atoms with Crippen LogP contribution in [-0.4, -0.2) is 26.3 Å². The molecule has 2 aromatic carbocycles. The summed E-state index contributed by atoms with van der Waals surface area (Å²) >= 11 is 0. The lowest BCUT2D eigenvalue weighted by Crippen LogP contribution is -2.53. The molecule has 6 heteroatoms. The Kier molecular flexibility index (Phi) is 5.16. The highest BCUT2D eigenvalue weighted by Gasteiger charge is 2.39. The second-order valence-corrected chi connectivity index (χ2v) is 8.43. The highest BCUT2D eigenvalue weighted by molar-refractivity contribution is 7.89. The van der Waals surface area contributed by atoms with E-state index in [0.29, 0.717) is 17.7 Å². The van der Waals surface area contributed by atoms with Gasteiger partial charge in [-0.2, -0.15) is 4.72 Å². The SMILES string of the molecule is CCC[C@@H]1Oc2ccc(C)cc2C(=O)[C@H]1NS(=O)(=O)c1ccc(C)cc1. The highest BCUT2D eigenvalue weighted by atomic mass is 32.2. The van der Waals surface area contributed by atoms with Crippen LogP contribution < -0.4 is 9.46 Å². The van der Waals surface area contributed by atoms with Crippen LogP contribution in [0.4, 0.5) is 0 Å². The van der Waals surface area contributed by atoms with E-state index < -0.39 is 22.2 Å². The Balaban J connectivity index is 1.95. The van der Waals surface area contributed by atoms with Crippen LogP contribution in [0.15, 0.2) is 47.4 Å². The molecule has 0 saturated heterocycles. The molecule has 26 heavy (non-hydrogen) atoms. The second-order valence-electron chi connectivity index (χ2n) is 6.72.